The zero-order valence-electron chi connectivity index (χ0n) is 18.1. The highest BCUT2D eigenvalue weighted by Crippen LogP contribution is 2.30. The van der Waals surface area contributed by atoms with E-state index in [9.17, 15) is 9.59 Å². The van der Waals surface area contributed by atoms with Crippen molar-refractivity contribution in [3.63, 3.8) is 0 Å². The van der Waals surface area contributed by atoms with E-state index in [2.05, 4.69) is 16.8 Å². The van der Waals surface area contributed by atoms with Gasteiger partial charge < -0.3 is 9.80 Å². The summed E-state index contributed by atoms with van der Waals surface area (Å²) in [6.45, 7) is 4.06. The number of anilines is 1. The van der Waals surface area contributed by atoms with Gasteiger partial charge in [-0.05, 0) is 55.5 Å². The molecule has 3 aromatic rings. The van der Waals surface area contributed by atoms with Crippen molar-refractivity contribution in [3.05, 3.63) is 88.2 Å². The Kier molecular flexibility index (Phi) is 7.58. The van der Waals surface area contributed by atoms with Crippen LogP contribution in [-0.2, 0) is 0 Å². The fraction of sp³-hybridized carbons (Fsp3) is 0.240. The van der Waals surface area contributed by atoms with E-state index in [0.29, 0.717) is 34.3 Å². The van der Waals surface area contributed by atoms with E-state index in [1.165, 1.54) is 11.8 Å². The Balaban J connectivity index is 1.38. The van der Waals surface area contributed by atoms with Crippen LogP contribution in [0.4, 0.5) is 5.69 Å². The molecule has 33 heavy (non-hydrogen) atoms. The average Bonchev–Trinajstić information content (AvgIpc) is 2.83. The van der Waals surface area contributed by atoms with E-state index in [4.69, 9.17) is 23.2 Å². The maximum Gasteiger partial charge on any atom is 0.254 e. The summed E-state index contributed by atoms with van der Waals surface area (Å²) in [5, 5.41) is 1.17. The standard InChI is InChI=1S/C25H23Cl2N3O2S/c1-17-15-29(10-11-30(17)21-6-2-5-20(26)13-21)25(32)18-7-8-24(22(27)12-18)33-16-23(31)19-4-3-9-28-14-19/h2-9,12-14,17H,10-11,15-16H2,1H3. The molecule has 170 valence electrons. The van der Waals surface area contributed by atoms with Crippen molar-refractivity contribution in [2.45, 2.75) is 17.9 Å². The molecule has 4 rings (SSSR count). The van der Waals surface area contributed by atoms with Crippen molar-refractivity contribution < 1.29 is 9.59 Å². The van der Waals surface area contributed by atoms with Crippen molar-refractivity contribution >= 4 is 52.3 Å². The Morgan fingerprint density at radius 1 is 1.06 bits per heavy atom. The first kappa shape index (κ1) is 23.6. The van der Waals surface area contributed by atoms with Crippen LogP contribution in [0.2, 0.25) is 10.0 Å². The third-order valence-corrected chi connectivity index (χ3v) is 7.31. The van der Waals surface area contributed by atoms with Gasteiger partial charge in [0.25, 0.3) is 5.91 Å². The molecule has 2 heterocycles. The summed E-state index contributed by atoms with van der Waals surface area (Å²) < 4.78 is 0. The molecule has 0 radical (unpaired) electrons. The van der Waals surface area contributed by atoms with Gasteiger partial charge in [-0.25, -0.2) is 0 Å². The number of halogens is 2. The molecule has 1 fully saturated rings. The number of carbonyl (C=O) groups excluding carboxylic acids is 2. The third kappa shape index (κ3) is 5.69. The highest BCUT2D eigenvalue weighted by atomic mass is 35.5. The van der Waals surface area contributed by atoms with Gasteiger partial charge in [-0.15, -0.1) is 11.8 Å². The molecule has 1 unspecified atom stereocenters. The predicted molar refractivity (Wildman–Crippen MR) is 135 cm³/mol. The van der Waals surface area contributed by atoms with Crippen molar-refractivity contribution in [1.82, 2.24) is 9.88 Å². The molecule has 1 atom stereocenters. The zero-order chi connectivity index (χ0) is 23.4. The van der Waals surface area contributed by atoms with E-state index in [-0.39, 0.29) is 23.5 Å². The van der Waals surface area contributed by atoms with Crippen LogP contribution in [-0.4, -0.2) is 53.0 Å². The number of carbonyl (C=O) groups is 2. The molecular formula is C25H23Cl2N3O2S. The molecule has 1 aromatic heterocycles. The fourth-order valence-corrected chi connectivity index (χ4v) is 5.21. The predicted octanol–water partition coefficient (Wildman–Crippen LogP) is 5.71. The number of rotatable bonds is 6. The van der Waals surface area contributed by atoms with Crippen LogP contribution in [0.1, 0.15) is 27.6 Å². The number of thioether (sulfide) groups is 1. The van der Waals surface area contributed by atoms with Gasteiger partial charge in [0.2, 0.25) is 0 Å². The molecule has 0 spiro atoms. The summed E-state index contributed by atoms with van der Waals surface area (Å²) in [5.41, 5.74) is 2.18. The first-order chi connectivity index (χ1) is 15.9. The van der Waals surface area contributed by atoms with Gasteiger partial charge in [0.1, 0.15) is 0 Å². The van der Waals surface area contributed by atoms with E-state index in [0.717, 1.165) is 17.1 Å². The minimum atomic E-state index is -0.0440. The summed E-state index contributed by atoms with van der Waals surface area (Å²) in [4.78, 5) is 34.3. The SMILES string of the molecule is CC1CN(C(=O)c2ccc(SCC(=O)c3cccnc3)c(Cl)c2)CCN1c1cccc(Cl)c1. The Labute approximate surface area is 207 Å². The zero-order valence-corrected chi connectivity index (χ0v) is 20.4. The largest absolute Gasteiger partial charge is 0.365 e. The number of piperazine rings is 1. The quantitative estimate of drug-likeness (QED) is 0.320. The summed E-state index contributed by atoms with van der Waals surface area (Å²) in [6, 6.07) is 16.7. The molecule has 2 aromatic carbocycles. The number of benzene rings is 2. The van der Waals surface area contributed by atoms with Gasteiger partial charge in [-0.2, -0.15) is 0 Å². The number of hydrogen-bond donors (Lipinski definition) is 0. The van der Waals surface area contributed by atoms with Crippen LogP contribution in [0.3, 0.4) is 0 Å². The number of aromatic nitrogens is 1. The van der Waals surface area contributed by atoms with Crippen molar-refractivity contribution in [1.29, 1.82) is 0 Å². The number of amides is 1. The second kappa shape index (κ2) is 10.6. The molecule has 8 heteroatoms. The highest BCUT2D eigenvalue weighted by Gasteiger charge is 2.28. The molecule has 0 N–H and O–H groups in total. The highest BCUT2D eigenvalue weighted by molar-refractivity contribution is 8.00. The number of Topliss-reactive ketones (excluding diaryl/α,β-unsaturated/α-hetero) is 1. The van der Waals surface area contributed by atoms with Crippen LogP contribution >= 0.6 is 35.0 Å². The molecular weight excluding hydrogens is 477 g/mol. The first-order valence-corrected chi connectivity index (χ1v) is 12.3. The number of nitrogens with zero attached hydrogens (tertiary/aromatic N) is 3. The summed E-state index contributed by atoms with van der Waals surface area (Å²) in [5.74, 6) is 0.190. The minimum absolute atomic E-state index is 0.0177. The fourth-order valence-electron chi connectivity index (χ4n) is 3.87. The molecule has 0 saturated carbocycles. The van der Waals surface area contributed by atoms with Gasteiger partial charge in [0.15, 0.2) is 5.78 Å². The monoisotopic (exact) mass is 499 g/mol. The molecule has 0 aliphatic carbocycles. The molecule has 1 aliphatic heterocycles. The van der Waals surface area contributed by atoms with Gasteiger partial charge >= 0.3 is 0 Å². The topological polar surface area (TPSA) is 53.5 Å². The Morgan fingerprint density at radius 2 is 1.91 bits per heavy atom. The summed E-state index contributed by atoms with van der Waals surface area (Å²) >= 11 is 13.9. The summed E-state index contributed by atoms with van der Waals surface area (Å²) in [7, 11) is 0. The van der Waals surface area contributed by atoms with Gasteiger partial charge in [0, 0.05) is 64.8 Å². The normalized spacial score (nSPS) is 16.0. The molecule has 5 nitrogen and oxygen atoms in total. The smallest absolute Gasteiger partial charge is 0.254 e. The third-order valence-electron chi connectivity index (χ3n) is 5.58. The van der Waals surface area contributed by atoms with Crippen molar-refractivity contribution in [2.75, 3.05) is 30.3 Å². The molecule has 1 amide bonds. The van der Waals surface area contributed by atoms with Gasteiger partial charge in [0.05, 0.1) is 10.8 Å². The Bertz CT molecular complexity index is 1160. The average molecular weight is 500 g/mol. The molecule has 1 aliphatic rings. The lowest BCUT2D eigenvalue weighted by atomic mass is 10.1. The lowest BCUT2D eigenvalue weighted by molar-refractivity contribution is 0.0726. The first-order valence-electron chi connectivity index (χ1n) is 10.6. The van der Waals surface area contributed by atoms with E-state index < -0.39 is 0 Å². The number of ketones is 1. The minimum Gasteiger partial charge on any atom is -0.365 e. The number of hydrogen-bond acceptors (Lipinski definition) is 5. The Morgan fingerprint density at radius 3 is 2.61 bits per heavy atom. The lowest BCUT2D eigenvalue weighted by Gasteiger charge is -2.41. The van der Waals surface area contributed by atoms with Crippen LogP contribution in [0.15, 0.2) is 71.9 Å². The molecule has 1 saturated heterocycles. The van der Waals surface area contributed by atoms with Gasteiger partial charge in [-0.3, -0.25) is 14.6 Å². The maximum absolute atomic E-state index is 13.1. The summed E-state index contributed by atoms with van der Waals surface area (Å²) in [6.07, 6.45) is 3.19. The van der Waals surface area contributed by atoms with Crippen molar-refractivity contribution in [3.8, 4) is 0 Å². The lowest BCUT2D eigenvalue weighted by Crippen LogP contribution is -2.53. The van der Waals surface area contributed by atoms with Crippen LogP contribution in [0.25, 0.3) is 0 Å². The van der Waals surface area contributed by atoms with E-state index in [1.807, 2.05) is 35.2 Å². The second-order valence-electron chi connectivity index (χ2n) is 7.87. The number of pyridine rings is 1. The van der Waals surface area contributed by atoms with Crippen molar-refractivity contribution in [2.24, 2.45) is 0 Å². The van der Waals surface area contributed by atoms with E-state index in [1.54, 1.807) is 36.7 Å². The maximum atomic E-state index is 13.1. The van der Waals surface area contributed by atoms with Crippen LogP contribution in [0.5, 0.6) is 0 Å². The van der Waals surface area contributed by atoms with Crippen LogP contribution < -0.4 is 4.90 Å². The van der Waals surface area contributed by atoms with Gasteiger partial charge in [-0.1, -0.05) is 29.3 Å². The van der Waals surface area contributed by atoms with Crippen LogP contribution in [0, 0.1) is 0 Å². The Hall–Kier alpha value is -2.54. The molecule has 0 bridgehead atoms. The van der Waals surface area contributed by atoms with E-state index >= 15 is 0 Å². The second-order valence-corrected chi connectivity index (χ2v) is 9.73.